The van der Waals surface area contributed by atoms with Crippen LogP contribution in [0, 0.1) is 20.8 Å². The third kappa shape index (κ3) is 1.87. The molecule has 0 radical (unpaired) electrons. The van der Waals surface area contributed by atoms with E-state index in [4.69, 9.17) is 0 Å². The van der Waals surface area contributed by atoms with Gasteiger partial charge in [0.05, 0.1) is 5.60 Å². The van der Waals surface area contributed by atoms with Crippen LogP contribution < -0.4 is 0 Å². The minimum atomic E-state index is -0.566. The van der Waals surface area contributed by atoms with Crippen LogP contribution in [0.15, 0.2) is 4.47 Å². The molecule has 0 aliphatic heterocycles. The summed E-state index contributed by atoms with van der Waals surface area (Å²) in [5.74, 6) is 0.346. The zero-order valence-electron chi connectivity index (χ0n) is 9.89. The van der Waals surface area contributed by atoms with Crippen LogP contribution in [0.1, 0.15) is 35.1 Å². The third-order valence-electron chi connectivity index (χ3n) is 3.65. The van der Waals surface area contributed by atoms with Crippen LogP contribution in [-0.2, 0) is 6.42 Å². The fourth-order valence-electron chi connectivity index (χ4n) is 2.03. The van der Waals surface area contributed by atoms with Crippen molar-refractivity contribution in [2.75, 3.05) is 0 Å². The molecule has 0 atom stereocenters. The Balaban J connectivity index is 2.51. The summed E-state index contributed by atoms with van der Waals surface area (Å²) >= 11 is 3.55. The van der Waals surface area contributed by atoms with Gasteiger partial charge in [0.15, 0.2) is 0 Å². The number of halogens is 1. The van der Waals surface area contributed by atoms with E-state index in [0.717, 1.165) is 39.6 Å². The first-order valence-corrected chi connectivity index (χ1v) is 6.34. The van der Waals surface area contributed by atoms with E-state index in [1.165, 1.54) is 0 Å². The van der Waals surface area contributed by atoms with E-state index in [9.17, 15) is 10.2 Å². The number of phenolic OH excluding ortho intramolecular Hbond substituents is 1. The molecule has 0 heterocycles. The Kier molecular flexibility index (Phi) is 2.79. The van der Waals surface area contributed by atoms with Gasteiger partial charge in [0.25, 0.3) is 0 Å². The second-order valence-electron chi connectivity index (χ2n) is 4.92. The minimum absolute atomic E-state index is 0.346. The van der Waals surface area contributed by atoms with E-state index in [-0.39, 0.29) is 0 Å². The number of benzene rings is 1. The van der Waals surface area contributed by atoms with Crippen molar-refractivity contribution in [2.45, 2.75) is 45.6 Å². The van der Waals surface area contributed by atoms with E-state index in [1.807, 2.05) is 20.8 Å². The zero-order valence-corrected chi connectivity index (χ0v) is 11.5. The van der Waals surface area contributed by atoms with Crippen LogP contribution in [0.2, 0.25) is 0 Å². The maximum atomic E-state index is 10.1. The Labute approximate surface area is 104 Å². The number of aliphatic hydroxyl groups is 1. The predicted octanol–water partition coefficient (Wildman–Crippen LogP) is 3.15. The minimum Gasteiger partial charge on any atom is -0.507 e. The van der Waals surface area contributed by atoms with Crippen molar-refractivity contribution in [2.24, 2.45) is 0 Å². The lowest BCUT2D eigenvalue weighted by Gasteiger charge is -2.18. The van der Waals surface area contributed by atoms with Gasteiger partial charge in [-0.3, -0.25) is 0 Å². The smallest absolute Gasteiger partial charge is 0.122 e. The molecular formula is C13H17BrO2. The lowest BCUT2D eigenvalue weighted by Crippen LogP contribution is -2.13. The van der Waals surface area contributed by atoms with Crippen LogP contribution in [0.5, 0.6) is 5.75 Å². The molecule has 0 unspecified atom stereocenters. The van der Waals surface area contributed by atoms with Crippen LogP contribution in [0.4, 0.5) is 0 Å². The van der Waals surface area contributed by atoms with Crippen molar-refractivity contribution in [3.05, 3.63) is 26.7 Å². The number of rotatable bonds is 2. The predicted molar refractivity (Wildman–Crippen MR) is 67.9 cm³/mol. The Morgan fingerprint density at radius 2 is 1.69 bits per heavy atom. The monoisotopic (exact) mass is 284 g/mol. The van der Waals surface area contributed by atoms with Crippen molar-refractivity contribution in [1.29, 1.82) is 0 Å². The molecule has 1 aliphatic rings. The van der Waals surface area contributed by atoms with Crippen molar-refractivity contribution in [3.63, 3.8) is 0 Å². The van der Waals surface area contributed by atoms with Gasteiger partial charge in [0.2, 0.25) is 0 Å². The summed E-state index contributed by atoms with van der Waals surface area (Å²) in [5.41, 5.74) is 3.33. The van der Waals surface area contributed by atoms with Crippen molar-refractivity contribution in [3.8, 4) is 5.75 Å². The summed E-state index contributed by atoms with van der Waals surface area (Å²) < 4.78 is 1.04. The fourth-order valence-corrected chi connectivity index (χ4v) is 2.56. The molecule has 16 heavy (non-hydrogen) atoms. The summed E-state index contributed by atoms with van der Waals surface area (Å²) in [6.07, 6.45) is 2.25. The molecule has 1 fully saturated rings. The molecule has 88 valence electrons. The summed E-state index contributed by atoms with van der Waals surface area (Å²) in [6, 6.07) is 0. The van der Waals surface area contributed by atoms with Crippen LogP contribution >= 0.6 is 15.9 Å². The average molecular weight is 285 g/mol. The largest absolute Gasteiger partial charge is 0.507 e. The molecule has 2 N–H and O–H groups in total. The highest BCUT2D eigenvalue weighted by Crippen LogP contribution is 2.43. The molecule has 0 amide bonds. The van der Waals surface area contributed by atoms with Gasteiger partial charge in [0.1, 0.15) is 5.75 Å². The quantitative estimate of drug-likeness (QED) is 0.876. The van der Waals surface area contributed by atoms with E-state index in [0.29, 0.717) is 12.2 Å². The van der Waals surface area contributed by atoms with Gasteiger partial charge < -0.3 is 10.2 Å². The molecule has 1 aromatic carbocycles. The number of hydrogen-bond acceptors (Lipinski definition) is 2. The van der Waals surface area contributed by atoms with Crippen LogP contribution in [0.25, 0.3) is 0 Å². The van der Waals surface area contributed by atoms with Crippen LogP contribution in [-0.4, -0.2) is 15.8 Å². The van der Waals surface area contributed by atoms with Crippen LogP contribution in [0.3, 0.4) is 0 Å². The van der Waals surface area contributed by atoms with E-state index in [2.05, 4.69) is 15.9 Å². The van der Waals surface area contributed by atoms with Crippen molar-refractivity contribution >= 4 is 15.9 Å². The lowest BCUT2D eigenvalue weighted by molar-refractivity contribution is 0.149. The Hall–Kier alpha value is -0.540. The standard InChI is InChI=1S/C13H17BrO2/c1-7-8(2)12(15)10(9(3)11(7)14)6-13(16)4-5-13/h15-16H,4-6H2,1-3H3. The molecule has 0 aromatic heterocycles. The van der Waals surface area contributed by atoms with Crippen molar-refractivity contribution in [1.82, 2.24) is 0 Å². The second-order valence-corrected chi connectivity index (χ2v) is 5.71. The molecule has 0 bridgehead atoms. The second kappa shape index (κ2) is 3.74. The SMILES string of the molecule is Cc1c(C)c(Br)c(C)c(CC2(O)CC2)c1O. The summed E-state index contributed by atoms with van der Waals surface area (Å²) in [6.45, 7) is 5.88. The number of hydrogen-bond donors (Lipinski definition) is 2. The molecule has 1 saturated carbocycles. The molecule has 0 saturated heterocycles. The molecule has 2 nitrogen and oxygen atoms in total. The van der Waals surface area contributed by atoms with Gasteiger partial charge in [-0.2, -0.15) is 0 Å². The molecule has 2 rings (SSSR count). The zero-order chi connectivity index (χ0) is 12.1. The Bertz CT molecular complexity index is 419. The van der Waals surface area contributed by atoms with E-state index >= 15 is 0 Å². The normalized spacial score (nSPS) is 17.6. The maximum absolute atomic E-state index is 10.1. The van der Waals surface area contributed by atoms with Gasteiger partial charge in [-0.25, -0.2) is 0 Å². The first-order chi connectivity index (χ1) is 7.36. The molecular weight excluding hydrogens is 268 g/mol. The maximum Gasteiger partial charge on any atom is 0.122 e. The molecule has 3 heteroatoms. The number of aromatic hydroxyl groups is 1. The summed E-state index contributed by atoms with van der Waals surface area (Å²) in [5, 5.41) is 20.1. The fraction of sp³-hybridized carbons (Fsp3) is 0.538. The Morgan fingerprint density at radius 3 is 2.19 bits per heavy atom. The van der Waals surface area contributed by atoms with Gasteiger partial charge in [-0.1, -0.05) is 15.9 Å². The summed E-state index contributed by atoms with van der Waals surface area (Å²) in [7, 11) is 0. The molecule has 0 spiro atoms. The first-order valence-electron chi connectivity index (χ1n) is 5.55. The third-order valence-corrected chi connectivity index (χ3v) is 4.84. The van der Waals surface area contributed by atoms with Gasteiger partial charge >= 0.3 is 0 Å². The highest BCUT2D eigenvalue weighted by Gasteiger charge is 2.41. The van der Waals surface area contributed by atoms with E-state index < -0.39 is 5.60 Å². The van der Waals surface area contributed by atoms with Gasteiger partial charge in [-0.05, 0) is 50.3 Å². The highest BCUT2D eigenvalue weighted by atomic mass is 79.9. The van der Waals surface area contributed by atoms with Crippen molar-refractivity contribution < 1.29 is 10.2 Å². The topological polar surface area (TPSA) is 40.5 Å². The number of phenols is 1. The highest BCUT2D eigenvalue weighted by molar-refractivity contribution is 9.10. The Morgan fingerprint density at radius 1 is 1.12 bits per heavy atom. The first kappa shape index (κ1) is 11.9. The lowest BCUT2D eigenvalue weighted by atomic mass is 9.94. The average Bonchev–Trinajstić information content (AvgIpc) is 2.98. The van der Waals surface area contributed by atoms with E-state index in [1.54, 1.807) is 0 Å². The molecule has 1 aliphatic carbocycles. The summed E-state index contributed by atoms with van der Waals surface area (Å²) in [4.78, 5) is 0. The van der Waals surface area contributed by atoms with Gasteiger partial charge in [-0.15, -0.1) is 0 Å². The van der Waals surface area contributed by atoms with Gasteiger partial charge in [0, 0.05) is 16.5 Å². The molecule has 1 aromatic rings.